The molecule has 29 heavy (non-hydrogen) atoms. The Morgan fingerprint density at radius 3 is 2.38 bits per heavy atom. The molecule has 2 aromatic carbocycles. The highest BCUT2D eigenvalue weighted by atomic mass is 16.5. The summed E-state index contributed by atoms with van der Waals surface area (Å²) in [5.41, 5.74) is 1.32. The Morgan fingerprint density at radius 1 is 1.00 bits per heavy atom. The Kier molecular flexibility index (Phi) is 6.83. The first-order valence-corrected chi connectivity index (χ1v) is 9.17. The number of rotatable bonds is 6. The Hall–Kier alpha value is -2.49. The Morgan fingerprint density at radius 2 is 1.72 bits per heavy atom. The van der Waals surface area contributed by atoms with Gasteiger partial charge in [0.1, 0.15) is 42.0 Å². The first-order valence-electron chi connectivity index (χ1n) is 9.17. The van der Waals surface area contributed by atoms with Gasteiger partial charge in [0, 0.05) is 0 Å². The molecule has 1 heterocycles. The summed E-state index contributed by atoms with van der Waals surface area (Å²) in [4.78, 5) is 11.4. The zero-order valence-electron chi connectivity index (χ0n) is 15.8. The fourth-order valence-corrected chi connectivity index (χ4v) is 3.20. The van der Waals surface area contributed by atoms with Crippen LogP contribution in [0.25, 0.3) is 0 Å². The van der Waals surface area contributed by atoms with E-state index in [0.717, 1.165) is 5.56 Å². The number of esters is 1. The first-order chi connectivity index (χ1) is 13.9. The Bertz CT molecular complexity index is 820. The van der Waals surface area contributed by atoms with Gasteiger partial charge < -0.3 is 34.6 Å². The third-order valence-corrected chi connectivity index (χ3v) is 4.81. The lowest BCUT2D eigenvalue weighted by molar-refractivity contribution is -0.231. The third-order valence-electron chi connectivity index (χ3n) is 4.81. The van der Waals surface area contributed by atoms with E-state index in [0.29, 0.717) is 17.1 Å². The summed E-state index contributed by atoms with van der Waals surface area (Å²) in [6, 6.07) is 13.7. The molecule has 0 amide bonds. The number of benzene rings is 2. The van der Waals surface area contributed by atoms with Crippen LogP contribution in [0, 0.1) is 0 Å². The Labute approximate surface area is 167 Å². The molecule has 0 radical (unpaired) electrons. The smallest absolute Gasteiger partial charge is 0.309 e. The number of methoxy groups -OCH3 is 1. The lowest BCUT2D eigenvalue weighted by atomic mass is 9.91. The molecular weight excluding hydrogens is 380 g/mol. The SMILES string of the molecule is COC(=O)Cc1cccc(Oc2ccc(C3OC(CO)C(O)C(O)C3O)cc2)c1. The van der Waals surface area contributed by atoms with Crippen LogP contribution in [0.15, 0.2) is 48.5 Å². The highest BCUT2D eigenvalue weighted by molar-refractivity contribution is 5.72. The molecule has 1 saturated heterocycles. The van der Waals surface area contributed by atoms with Crippen molar-refractivity contribution in [3.8, 4) is 11.5 Å². The molecule has 4 N–H and O–H groups in total. The fraction of sp³-hybridized carbons (Fsp3) is 0.381. The number of carbonyl (C=O) groups is 1. The van der Waals surface area contributed by atoms with Gasteiger partial charge >= 0.3 is 5.97 Å². The maximum absolute atomic E-state index is 11.4. The van der Waals surface area contributed by atoms with Gasteiger partial charge in [0.05, 0.1) is 20.1 Å². The van der Waals surface area contributed by atoms with E-state index in [1.54, 1.807) is 48.5 Å². The van der Waals surface area contributed by atoms with Gasteiger partial charge in [0.25, 0.3) is 0 Å². The molecule has 5 atom stereocenters. The van der Waals surface area contributed by atoms with Crippen molar-refractivity contribution in [2.75, 3.05) is 13.7 Å². The van der Waals surface area contributed by atoms with E-state index in [-0.39, 0.29) is 12.4 Å². The predicted octanol–water partition coefficient (Wildman–Crippen LogP) is 0.709. The number of hydrogen-bond donors (Lipinski definition) is 4. The minimum absolute atomic E-state index is 0.143. The van der Waals surface area contributed by atoms with Gasteiger partial charge in [-0.15, -0.1) is 0 Å². The summed E-state index contributed by atoms with van der Waals surface area (Å²) in [5, 5.41) is 39.3. The first kappa shape index (κ1) is 21.2. The maximum Gasteiger partial charge on any atom is 0.309 e. The summed E-state index contributed by atoms with van der Waals surface area (Å²) in [5.74, 6) is 0.728. The van der Waals surface area contributed by atoms with Gasteiger partial charge in [-0.1, -0.05) is 24.3 Å². The molecule has 0 spiro atoms. The van der Waals surface area contributed by atoms with E-state index in [1.807, 2.05) is 0 Å². The monoisotopic (exact) mass is 404 g/mol. The lowest BCUT2D eigenvalue weighted by Crippen LogP contribution is -2.55. The van der Waals surface area contributed by atoms with E-state index in [4.69, 9.17) is 9.47 Å². The van der Waals surface area contributed by atoms with Crippen LogP contribution >= 0.6 is 0 Å². The highest BCUT2D eigenvalue weighted by Gasteiger charge is 2.43. The van der Waals surface area contributed by atoms with Crippen molar-refractivity contribution in [2.45, 2.75) is 36.9 Å². The van der Waals surface area contributed by atoms with Crippen LogP contribution in [0.5, 0.6) is 11.5 Å². The van der Waals surface area contributed by atoms with Crippen LogP contribution in [-0.4, -0.2) is 64.5 Å². The second-order valence-corrected chi connectivity index (χ2v) is 6.82. The highest BCUT2D eigenvalue weighted by Crippen LogP contribution is 2.33. The molecule has 0 saturated carbocycles. The Balaban J connectivity index is 1.70. The van der Waals surface area contributed by atoms with Gasteiger partial charge in [-0.05, 0) is 35.4 Å². The van der Waals surface area contributed by atoms with E-state index >= 15 is 0 Å². The van der Waals surface area contributed by atoms with Crippen molar-refractivity contribution in [1.29, 1.82) is 0 Å². The summed E-state index contributed by atoms with van der Waals surface area (Å²) < 4.78 is 16.0. The molecule has 156 valence electrons. The minimum Gasteiger partial charge on any atom is -0.469 e. The van der Waals surface area contributed by atoms with Crippen molar-refractivity contribution >= 4 is 5.97 Å². The zero-order chi connectivity index (χ0) is 21.0. The van der Waals surface area contributed by atoms with E-state index in [9.17, 15) is 25.2 Å². The second-order valence-electron chi connectivity index (χ2n) is 6.82. The summed E-state index contributed by atoms with van der Waals surface area (Å²) in [7, 11) is 1.33. The zero-order valence-corrected chi connectivity index (χ0v) is 15.8. The molecule has 0 bridgehead atoms. The number of carbonyl (C=O) groups excluding carboxylic acids is 1. The van der Waals surface area contributed by atoms with Crippen molar-refractivity contribution in [3.63, 3.8) is 0 Å². The lowest BCUT2D eigenvalue weighted by Gasteiger charge is -2.40. The summed E-state index contributed by atoms with van der Waals surface area (Å²) in [6.45, 7) is -0.482. The average molecular weight is 404 g/mol. The largest absolute Gasteiger partial charge is 0.469 e. The standard InChI is InChI=1S/C21H24O8/c1-27-17(23)10-12-3-2-4-15(9-12)28-14-7-5-13(6-8-14)21-20(26)19(25)18(24)16(11-22)29-21/h2-9,16,18-22,24-26H,10-11H2,1H3. The maximum atomic E-state index is 11.4. The van der Waals surface area contributed by atoms with Crippen LogP contribution in [0.1, 0.15) is 17.2 Å². The predicted molar refractivity (Wildman–Crippen MR) is 101 cm³/mol. The number of aliphatic hydroxyl groups is 4. The normalized spacial score (nSPS) is 26.7. The average Bonchev–Trinajstić information content (AvgIpc) is 2.73. The minimum atomic E-state index is -1.43. The van der Waals surface area contributed by atoms with Crippen molar-refractivity contribution in [2.24, 2.45) is 0 Å². The molecule has 3 rings (SSSR count). The topological polar surface area (TPSA) is 126 Å². The number of aliphatic hydroxyl groups excluding tert-OH is 4. The molecule has 1 fully saturated rings. The fourth-order valence-electron chi connectivity index (χ4n) is 3.20. The van der Waals surface area contributed by atoms with Gasteiger partial charge in [0.15, 0.2) is 0 Å². The molecule has 8 heteroatoms. The van der Waals surface area contributed by atoms with Crippen molar-refractivity contribution in [1.82, 2.24) is 0 Å². The molecule has 0 aromatic heterocycles. The molecular formula is C21H24O8. The molecule has 0 aliphatic carbocycles. The van der Waals surface area contributed by atoms with Crippen molar-refractivity contribution in [3.05, 3.63) is 59.7 Å². The third kappa shape index (κ3) is 4.92. The van der Waals surface area contributed by atoms with Gasteiger partial charge in [-0.2, -0.15) is 0 Å². The van der Waals surface area contributed by atoms with Crippen LogP contribution < -0.4 is 4.74 Å². The van der Waals surface area contributed by atoms with Crippen LogP contribution in [0.3, 0.4) is 0 Å². The van der Waals surface area contributed by atoms with Crippen LogP contribution in [-0.2, 0) is 20.7 Å². The molecule has 8 nitrogen and oxygen atoms in total. The molecule has 1 aliphatic heterocycles. The molecule has 2 aromatic rings. The van der Waals surface area contributed by atoms with Crippen LogP contribution in [0.2, 0.25) is 0 Å². The van der Waals surface area contributed by atoms with E-state index in [1.165, 1.54) is 7.11 Å². The van der Waals surface area contributed by atoms with Gasteiger partial charge in [-0.25, -0.2) is 0 Å². The summed E-state index contributed by atoms with van der Waals surface area (Å²) >= 11 is 0. The van der Waals surface area contributed by atoms with Crippen LogP contribution in [0.4, 0.5) is 0 Å². The summed E-state index contributed by atoms with van der Waals surface area (Å²) in [6.07, 6.45) is -5.89. The number of hydrogen-bond acceptors (Lipinski definition) is 8. The second kappa shape index (κ2) is 9.34. The van der Waals surface area contributed by atoms with Gasteiger partial charge in [0.2, 0.25) is 0 Å². The van der Waals surface area contributed by atoms with E-state index in [2.05, 4.69) is 4.74 Å². The van der Waals surface area contributed by atoms with Gasteiger partial charge in [-0.3, -0.25) is 4.79 Å². The molecule has 1 aliphatic rings. The number of ether oxygens (including phenoxy) is 3. The van der Waals surface area contributed by atoms with Crippen molar-refractivity contribution < 1.29 is 39.4 Å². The quantitative estimate of drug-likeness (QED) is 0.519. The molecule has 5 unspecified atom stereocenters. The van der Waals surface area contributed by atoms with E-state index < -0.39 is 37.1 Å².